The van der Waals surface area contributed by atoms with E-state index in [1.807, 2.05) is 105 Å². The highest BCUT2D eigenvalue weighted by Gasteiger charge is 2.25. The Balaban J connectivity index is 1.51. The lowest BCUT2D eigenvalue weighted by Gasteiger charge is -2.25. The average Bonchev–Trinajstić information content (AvgIpc) is 2.96. The second-order valence-electron chi connectivity index (χ2n) is 9.06. The summed E-state index contributed by atoms with van der Waals surface area (Å²) in [7, 11) is 0. The number of nitrogens with zero attached hydrogens (tertiary/aromatic N) is 3. The van der Waals surface area contributed by atoms with Crippen LogP contribution in [0.4, 0.5) is 27.9 Å². The third-order valence-corrected chi connectivity index (χ3v) is 6.35. The molecule has 7 heteroatoms. The van der Waals surface area contributed by atoms with Crippen LogP contribution in [-0.4, -0.2) is 16.1 Å². The summed E-state index contributed by atoms with van der Waals surface area (Å²) in [5.41, 5.74) is 12.1. The number of ether oxygens (including phenoxy) is 1. The minimum Gasteiger partial charge on any atom is -0.410 e. The Hall–Kier alpha value is -5.01. The standard InChI is InChI=1S/C32H29N5O2/c1-22-10-8-11-23(2)30(22)37(29-18-19-34-31(36-29)35-28-17-7-6-14-26(28)21-33)32(38)39-27-16-9-15-25(20-27)24-12-4-3-5-13-24/h3-20H,21,33H2,1-2H3,(H,34,35,36). The molecule has 0 saturated carbocycles. The lowest BCUT2D eigenvalue weighted by Crippen LogP contribution is -2.31. The number of carbonyl (C=O) groups excluding carboxylic acids is 1. The first-order valence-corrected chi connectivity index (χ1v) is 12.6. The SMILES string of the molecule is Cc1cccc(C)c1N(C(=O)Oc1cccc(-c2ccccc2)c1)c1ccnc(Nc2ccccc2CN)n1. The number of hydrogen-bond donors (Lipinski definition) is 2. The minimum atomic E-state index is -0.579. The lowest BCUT2D eigenvalue weighted by molar-refractivity contribution is 0.210. The van der Waals surface area contributed by atoms with Crippen LogP contribution < -0.4 is 20.7 Å². The van der Waals surface area contributed by atoms with Gasteiger partial charge in [0, 0.05) is 24.5 Å². The molecule has 39 heavy (non-hydrogen) atoms. The van der Waals surface area contributed by atoms with E-state index in [2.05, 4.69) is 10.3 Å². The van der Waals surface area contributed by atoms with E-state index in [1.54, 1.807) is 18.3 Å². The first-order chi connectivity index (χ1) is 19.0. The molecule has 0 spiro atoms. The molecule has 0 atom stereocenters. The molecule has 1 heterocycles. The molecule has 4 aromatic carbocycles. The van der Waals surface area contributed by atoms with Gasteiger partial charge in [0.05, 0.1) is 5.69 Å². The van der Waals surface area contributed by atoms with Crippen molar-refractivity contribution in [3.8, 4) is 16.9 Å². The fraction of sp³-hybridized carbons (Fsp3) is 0.0938. The van der Waals surface area contributed by atoms with Gasteiger partial charge in [0.2, 0.25) is 5.95 Å². The Morgan fingerprint density at radius 1 is 0.846 bits per heavy atom. The number of carbonyl (C=O) groups is 1. The number of nitrogens with two attached hydrogens (primary N) is 1. The second-order valence-corrected chi connectivity index (χ2v) is 9.06. The lowest BCUT2D eigenvalue weighted by atomic mass is 10.1. The first kappa shape index (κ1) is 25.6. The fourth-order valence-corrected chi connectivity index (χ4v) is 4.45. The quantitative estimate of drug-likeness (QED) is 0.236. The summed E-state index contributed by atoms with van der Waals surface area (Å²) >= 11 is 0. The highest BCUT2D eigenvalue weighted by molar-refractivity contribution is 5.98. The highest BCUT2D eigenvalue weighted by Crippen LogP contribution is 2.33. The Kier molecular flexibility index (Phi) is 7.61. The van der Waals surface area contributed by atoms with Crippen LogP contribution >= 0.6 is 0 Å². The van der Waals surface area contributed by atoms with Crippen LogP contribution in [0.5, 0.6) is 5.75 Å². The molecular weight excluding hydrogens is 486 g/mol. The number of nitrogens with one attached hydrogen (secondary N) is 1. The van der Waals surface area contributed by atoms with Gasteiger partial charge in [-0.05, 0) is 59.9 Å². The summed E-state index contributed by atoms with van der Waals surface area (Å²) in [6.07, 6.45) is 1.03. The summed E-state index contributed by atoms with van der Waals surface area (Å²) in [5, 5.41) is 3.23. The fourth-order valence-electron chi connectivity index (χ4n) is 4.45. The highest BCUT2D eigenvalue weighted by atomic mass is 16.6. The smallest absolute Gasteiger partial charge is 0.410 e. The van der Waals surface area contributed by atoms with Gasteiger partial charge in [0.25, 0.3) is 0 Å². The zero-order valence-electron chi connectivity index (χ0n) is 21.8. The zero-order valence-corrected chi connectivity index (χ0v) is 21.8. The maximum Gasteiger partial charge on any atom is 0.425 e. The Labute approximate surface area is 227 Å². The summed E-state index contributed by atoms with van der Waals surface area (Å²) in [5.74, 6) is 1.14. The molecule has 5 aromatic rings. The molecule has 7 nitrogen and oxygen atoms in total. The first-order valence-electron chi connectivity index (χ1n) is 12.6. The second kappa shape index (κ2) is 11.6. The molecule has 5 rings (SSSR count). The van der Waals surface area contributed by atoms with Crippen LogP contribution in [0.25, 0.3) is 11.1 Å². The summed E-state index contributed by atoms with van der Waals surface area (Å²) < 4.78 is 5.94. The van der Waals surface area contributed by atoms with E-state index in [9.17, 15) is 4.79 Å². The van der Waals surface area contributed by atoms with Crippen molar-refractivity contribution in [3.63, 3.8) is 0 Å². The van der Waals surface area contributed by atoms with Gasteiger partial charge in [0.15, 0.2) is 0 Å². The van der Waals surface area contributed by atoms with Gasteiger partial charge in [-0.3, -0.25) is 0 Å². The minimum absolute atomic E-state index is 0.337. The predicted molar refractivity (Wildman–Crippen MR) is 156 cm³/mol. The van der Waals surface area contributed by atoms with Crippen LogP contribution in [0.15, 0.2) is 109 Å². The number of amides is 1. The molecular formula is C32H29N5O2. The molecule has 0 aliphatic carbocycles. The van der Waals surface area contributed by atoms with Gasteiger partial charge >= 0.3 is 6.09 Å². The van der Waals surface area contributed by atoms with Crippen LogP contribution in [0, 0.1) is 13.8 Å². The van der Waals surface area contributed by atoms with Crippen molar-refractivity contribution in [1.29, 1.82) is 0 Å². The van der Waals surface area contributed by atoms with Gasteiger partial charge in [0.1, 0.15) is 11.6 Å². The molecule has 3 N–H and O–H groups in total. The van der Waals surface area contributed by atoms with Crippen molar-refractivity contribution < 1.29 is 9.53 Å². The largest absolute Gasteiger partial charge is 0.425 e. The molecule has 0 bridgehead atoms. The Morgan fingerprint density at radius 3 is 2.31 bits per heavy atom. The topological polar surface area (TPSA) is 93.4 Å². The summed E-state index contributed by atoms with van der Waals surface area (Å²) in [6, 6.07) is 32.7. The van der Waals surface area contributed by atoms with Gasteiger partial charge in [-0.25, -0.2) is 14.7 Å². The maximum absolute atomic E-state index is 13.8. The van der Waals surface area contributed by atoms with E-state index in [4.69, 9.17) is 15.5 Å². The zero-order chi connectivity index (χ0) is 27.2. The number of benzene rings is 4. The Morgan fingerprint density at radius 2 is 1.54 bits per heavy atom. The van der Waals surface area contributed by atoms with Gasteiger partial charge in [-0.15, -0.1) is 0 Å². The van der Waals surface area contributed by atoms with E-state index < -0.39 is 6.09 Å². The number of aromatic nitrogens is 2. The number of hydrogen-bond acceptors (Lipinski definition) is 6. The van der Waals surface area contributed by atoms with Crippen molar-refractivity contribution in [3.05, 3.63) is 126 Å². The number of aryl methyl sites for hydroxylation is 2. The summed E-state index contributed by atoms with van der Waals surface area (Å²) in [4.78, 5) is 24.4. The number of para-hydroxylation sites is 2. The molecule has 0 radical (unpaired) electrons. The van der Waals surface area contributed by atoms with Crippen molar-refractivity contribution >= 4 is 29.2 Å². The van der Waals surface area contributed by atoms with Crippen molar-refractivity contribution in [2.24, 2.45) is 5.73 Å². The van der Waals surface area contributed by atoms with Gasteiger partial charge in [-0.1, -0.05) is 78.9 Å². The molecule has 1 aromatic heterocycles. The van der Waals surface area contributed by atoms with Gasteiger partial charge in [-0.2, -0.15) is 4.98 Å². The van der Waals surface area contributed by atoms with Crippen LogP contribution in [0.2, 0.25) is 0 Å². The summed E-state index contributed by atoms with van der Waals surface area (Å²) in [6.45, 7) is 4.28. The van der Waals surface area contributed by atoms with Crippen molar-refractivity contribution in [2.75, 3.05) is 10.2 Å². The predicted octanol–water partition coefficient (Wildman–Crippen LogP) is 7.30. The van der Waals surface area contributed by atoms with E-state index in [-0.39, 0.29) is 0 Å². The van der Waals surface area contributed by atoms with Crippen molar-refractivity contribution in [2.45, 2.75) is 20.4 Å². The van der Waals surface area contributed by atoms with Gasteiger partial charge < -0.3 is 15.8 Å². The molecule has 0 unspecified atom stereocenters. The number of rotatable bonds is 7. The average molecular weight is 516 g/mol. The van der Waals surface area contributed by atoms with E-state index in [0.29, 0.717) is 29.7 Å². The monoisotopic (exact) mass is 515 g/mol. The van der Waals surface area contributed by atoms with E-state index >= 15 is 0 Å². The molecule has 194 valence electrons. The number of anilines is 4. The maximum atomic E-state index is 13.8. The molecule has 0 aliphatic rings. The molecule has 0 aliphatic heterocycles. The van der Waals surface area contributed by atoms with E-state index in [1.165, 1.54) is 4.90 Å². The van der Waals surface area contributed by atoms with Crippen LogP contribution in [0.3, 0.4) is 0 Å². The molecule has 0 fully saturated rings. The third-order valence-electron chi connectivity index (χ3n) is 6.35. The normalized spacial score (nSPS) is 10.6. The molecule has 1 amide bonds. The van der Waals surface area contributed by atoms with Crippen LogP contribution in [-0.2, 0) is 6.54 Å². The van der Waals surface area contributed by atoms with Crippen molar-refractivity contribution in [1.82, 2.24) is 9.97 Å². The third kappa shape index (κ3) is 5.79. The molecule has 0 saturated heterocycles. The van der Waals surface area contributed by atoms with E-state index in [0.717, 1.165) is 33.5 Å². The Bertz CT molecular complexity index is 1580. The van der Waals surface area contributed by atoms with Crippen LogP contribution in [0.1, 0.15) is 16.7 Å².